The molecule has 0 saturated heterocycles. The number of aromatic hydroxyl groups is 2. The van der Waals surface area contributed by atoms with Crippen molar-refractivity contribution in [2.45, 2.75) is 22.9 Å². The zero-order valence-electron chi connectivity index (χ0n) is 10.3. The lowest BCUT2D eigenvalue weighted by atomic mass is 10.2. The second-order valence-corrected chi connectivity index (χ2v) is 5.24. The Kier molecular flexibility index (Phi) is 4.31. The Bertz CT molecular complexity index is 536. The Morgan fingerprint density at radius 2 is 1.21 bits per heavy atom. The van der Waals surface area contributed by atoms with Gasteiger partial charge >= 0.3 is 0 Å². The average Bonchev–Trinajstić information content (AvgIpc) is 2.43. The molecule has 6 N–H and O–H groups in total. The van der Waals surface area contributed by atoms with E-state index in [0.29, 0.717) is 24.2 Å². The van der Waals surface area contributed by atoms with Crippen LogP contribution < -0.4 is 11.5 Å². The molecule has 0 amide bonds. The molecule has 0 spiro atoms. The number of hydrogen-bond donors (Lipinski definition) is 4. The lowest BCUT2D eigenvalue weighted by Crippen LogP contribution is -1.97. The highest BCUT2D eigenvalue weighted by Crippen LogP contribution is 2.33. The zero-order valence-corrected chi connectivity index (χ0v) is 11.2. The molecule has 0 aromatic heterocycles. The molecule has 4 nitrogen and oxygen atoms in total. The Morgan fingerprint density at radius 3 is 1.58 bits per heavy atom. The summed E-state index contributed by atoms with van der Waals surface area (Å²) in [5, 5.41) is 19.2. The molecule has 0 aliphatic heterocycles. The summed E-state index contributed by atoms with van der Waals surface area (Å²) in [4.78, 5) is 1.96. The summed E-state index contributed by atoms with van der Waals surface area (Å²) < 4.78 is 0. The van der Waals surface area contributed by atoms with Crippen molar-refractivity contribution in [2.75, 3.05) is 0 Å². The molecule has 0 saturated carbocycles. The fourth-order valence-corrected chi connectivity index (χ4v) is 2.66. The number of hydrogen-bond acceptors (Lipinski definition) is 5. The van der Waals surface area contributed by atoms with E-state index in [1.807, 2.05) is 24.3 Å². The zero-order chi connectivity index (χ0) is 13.8. The largest absolute Gasteiger partial charge is 0.508 e. The van der Waals surface area contributed by atoms with Crippen LogP contribution in [0, 0.1) is 0 Å². The molecular formula is C14H16N2O2S. The maximum absolute atomic E-state index is 9.58. The van der Waals surface area contributed by atoms with Gasteiger partial charge in [0.2, 0.25) is 0 Å². The molecule has 0 radical (unpaired) electrons. The highest BCUT2D eigenvalue weighted by molar-refractivity contribution is 7.99. The molecule has 0 aliphatic carbocycles. The van der Waals surface area contributed by atoms with Crippen LogP contribution in [-0.2, 0) is 13.1 Å². The third-order valence-electron chi connectivity index (χ3n) is 2.78. The van der Waals surface area contributed by atoms with Crippen LogP contribution in [0.1, 0.15) is 11.1 Å². The standard InChI is InChI=1S/C14H16N2O2S/c15-7-9-5-11(1-3-13(9)17)19-12-2-4-14(18)10(6-12)8-16/h1-6,17-18H,7-8,15-16H2. The summed E-state index contributed by atoms with van der Waals surface area (Å²) in [5.41, 5.74) is 12.5. The predicted octanol–water partition coefficient (Wildman–Crippen LogP) is 2.17. The van der Waals surface area contributed by atoms with Crippen molar-refractivity contribution in [2.24, 2.45) is 11.5 Å². The van der Waals surface area contributed by atoms with Gasteiger partial charge in [-0.05, 0) is 36.4 Å². The summed E-state index contributed by atoms with van der Waals surface area (Å²) in [7, 11) is 0. The maximum atomic E-state index is 9.58. The molecule has 19 heavy (non-hydrogen) atoms. The van der Waals surface area contributed by atoms with E-state index in [9.17, 15) is 10.2 Å². The average molecular weight is 276 g/mol. The van der Waals surface area contributed by atoms with Crippen molar-refractivity contribution < 1.29 is 10.2 Å². The van der Waals surface area contributed by atoms with Crippen molar-refractivity contribution in [1.29, 1.82) is 0 Å². The second kappa shape index (κ2) is 5.97. The van der Waals surface area contributed by atoms with Gasteiger partial charge in [-0.2, -0.15) is 0 Å². The highest BCUT2D eigenvalue weighted by Gasteiger charge is 2.05. The molecule has 2 aromatic carbocycles. The van der Waals surface area contributed by atoms with Crippen molar-refractivity contribution in [3.05, 3.63) is 47.5 Å². The molecule has 100 valence electrons. The molecule has 0 atom stereocenters. The lowest BCUT2D eigenvalue weighted by molar-refractivity contribution is 0.467. The van der Waals surface area contributed by atoms with E-state index in [-0.39, 0.29) is 11.5 Å². The predicted molar refractivity (Wildman–Crippen MR) is 76.1 cm³/mol. The SMILES string of the molecule is NCc1cc(Sc2ccc(O)c(CN)c2)ccc1O. The third-order valence-corrected chi connectivity index (χ3v) is 3.76. The third kappa shape index (κ3) is 3.20. The number of phenolic OH excluding ortho intramolecular Hbond substituents is 2. The van der Waals surface area contributed by atoms with Gasteiger partial charge in [0.1, 0.15) is 11.5 Å². The van der Waals surface area contributed by atoms with Gasteiger partial charge in [0.25, 0.3) is 0 Å². The van der Waals surface area contributed by atoms with Crippen LogP contribution in [0.15, 0.2) is 46.2 Å². The van der Waals surface area contributed by atoms with E-state index >= 15 is 0 Å². The summed E-state index contributed by atoms with van der Waals surface area (Å²) in [5.74, 6) is 0.417. The van der Waals surface area contributed by atoms with Gasteiger partial charge in [-0.25, -0.2) is 0 Å². The number of phenols is 2. The molecule has 5 heteroatoms. The minimum absolute atomic E-state index is 0.209. The molecule has 0 bridgehead atoms. The van der Waals surface area contributed by atoms with Crippen molar-refractivity contribution in [1.82, 2.24) is 0 Å². The van der Waals surface area contributed by atoms with Gasteiger partial charge in [0.05, 0.1) is 0 Å². The van der Waals surface area contributed by atoms with Crippen LogP contribution in [0.25, 0.3) is 0 Å². The topological polar surface area (TPSA) is 92.5 Å². The van der Waals surface area contributed by atoms with Crippen LogP contribution in [0.3, 0.4) is 0 Å². The smallest absolute Gasteiger partial charge is 0.120 e. The molecular weight excluding hydrogens is 260 g/mol. The molecule has 0 aliphatic rings. The first kappa shape index (κ1) is 13.7. The van der Waals surface area contributed by atoms with Gasteiger partial charge in [-0.15, -0.1) is 0 Å². The van der Waals surface area contributed by atoms with Crippen molar-refractivity contribution >= 4 is 11.8 Å². The van der Waals surface area contributed by atoms with Crippen LogP contribution >= 0.6 is 11.8 Å². The Morgan fingerprint density at radius 1 is 0.789 bits per heavy atom. The second-order valence-electron chi connectivity index (χ2n) is 4.09. The molecule has 0 fully saturated rings. The van der Waals surface area contributed by atoms with Crippen molar-refractivity contribution in [3.63, 3.8) is 0 Å². The Hall–Kier alpha value is -1.69. The number of rotatable bonds is 4. The minimum Gasteiger partial charge on any atom is -0.508 e. The van der Waals surface area contributed by atoms with Gasteiger partial charge in [-0.1, -0.05) is 11.8 Å². The van der Waals surface area contributed by atoms with E-state index in [2.05, 4.69) is 0 Å². The Balaban J connectivity index is 2.25. The fraction of sp³-hybridized carbons (Fsp3) is 0.143. The van der Waals surface area contributed by atoms with Crippen LogP contribution in [0.4, 0.5) is 0 Å². The van der Waals surface area contributed by atoms with Crippen molar-refractivity contribution in [3.8, 4) is 11.5 Å². The monoisotopic (exact) mass is 276 g/mol. The Labute approximate surface area is 116 Å². The molecule has 0 unspecified atom stereocenters. The first-order valence-corrected chi connectivity index (χ1v) is 6.67. The van der Waals surface area contributed by atoms with Crippen LogP contribution in [0.2, 0.25) is 0 Å². The van der Waals surface area contributed by atoms with E-state index in [1.165, 1.54) is 11.8 Å². The normalized spacial score (nSPS) is 10.6. The van der Waals surface area contributed by atoms with E-state index in [0.717, 1.165) is 9.79 Å². The minimum atomic E-state index is 0.209. The van der Waals surface area contributed by atoms with Crippen LogP contribution in [-0.4, -0.2) is 10.2 Å². The molecule has 2 aromatic rings. The van der Waals surface area contributed by atoms with Gasteiger partial charge < -0.3 is 21.7 Å². The first-order chi connectivity index (χ1) is 9.13. The molecule has 0 heterocycles. The summed E-state index contributed by atoms with van der Waals surface area (Å²) in [6, 6.07) is 10.6. The van der Waals surface area contributed by atoms with Gasteiger partial charge in [0, 0.05) is 34.0 Å². The fourth-order valence-electron chi connectivity index (χ4n) is 1.71. The molecule has 2 rings (SSSR count). The van der Waals surface area contributed by atoms with E-state index < -0.39 is 0 Å². The summed E-state index contributed by atoms with van der Waals surface area (Å²) >= 11 is 1.53. The van der Waals surface area contributed by atoms with Gasteiger partial charge in [0.15, 0.2) is 0 Å². The quantitative estimate of drug-likeness (QED) is 0.687. The van der Waals surface area contributed by atoms with Gasteiger partial charge in [-0.3, -0.25) is 0 Å². The lowest BCUT2D eigenvalue weighted by Gasteiger charge is -2.08. The highest BCUT2D eigenvalue weighted by atomic mass is 32.2. The first-order valence-electron chi connectivity index (χ1n) is 5.86. The number of benzene rings is 2. The van der Waals surface area contributed by atoms with E-state index in [1.54, 1.807) is 12.1 Å². The summed E-state index contributed by atoms with van der Waals surface area (Å²) in [6.07, 6.45) is 0. The van der Waals surface area contributed by atoms with E-state index in [4.69, 9.17) is 11.5 Å². The van der Waals surface area contributed by atoms with Crippen LogP contribution in [0.5, 0.6) is 11.5 Å². The number of nitrogens with two attached hydrogens (primary N) is 2. The summed E-state index contributed by atoms with van der Waals surface area (Å²) in [6.45, 7) is 0.591. The maximum Gasteiger partial charge on any atom is 0.120 e.